The molecule has 1 rings (SSSR count). The number of aromatic hydroxyl groups is 1. The van der Waals surface area contributed by atoms with Crippen molar-refractivity contribution >= 4 is 0 Å². The van der Waals surface area contributed by atoms with Crippen LogP contribution >= 0.6 is 0 Å². The Balaban J connectivity index is 2.88. The Morgan fingerprint density at radius 1 is 1.56 bits per heavy atom. The van der Waals surface area contributed by atoms with Gasteiger partial charge in [-0.15, -0.1) is 0 Å². The van der Waals surface area contributed by atoms with Crippen molar-refractivity contribution in [2.45, 2.75) is 13.3 Å². The van der Waals surface area contributed by atoms with Gasteiger partial charge >= 0.3 is 0 Å². The number of phenolic OH excluding ortho intramolecular Hbond substituents is 1. The molecule has 0 bridgehead atoms. The lowest BCUT2D eigenvalue weighted by Crippen LogP contribution is -1.75. The number of aryl methyl sites for hydroxylation is 1. The Kier molecular flexibility index (Phi) is 1.73. The number of phenols is 1. The van der Waals surface area contributed by atoms with Crippen LogP contribution in [0, 0.1) is 6.07 Å². The standard InChI is InChI=1S/C8H9O/c1-2-7-3-5-8(9)6-4-7/h3-5,9H,2H2,1H3. The number of rotatable bonds is 1. The van der Waals surface area contributed by atoms with Crippen LogP contribution in [0.4, 0.5) is 0 Å². The van der Waals surface area contributed by atoms with E-state index in [-0.39, 0.29) is 5.75 Å². The van der Waals surface area contributed by atoms with Gasteiger partial charge < -0.3 is 5.11 Å². The molecule has 0 aromatic heterocycles. The largest absolute Gasteiger partial charge is 0.507 e. The third kappa shape index (κ3) is 1.46. The normalized spacial score (nSPS) is 9.44. The smallest absolute Gasteiger partial charge is 0.123 e. The third-order valence-electron chi connectivity index (χ3n) is 1.27. The first-order chi connectivity index (χ1) is 4.33. The first-order valence-corrected chi connectivity index (χ1v) is 3.02. The second-order valence-electron chi connectivity index (χ2n) is 1.94. The van der Waals surface area contributed by atoms with Crippen LogP contribution in [0.2, 0.25) is 0 Å². The minimum Gasteiger partial charge on any atom is -0.507 e. The van der Waals surface area contributed by atoms with Crippen molar-refractivity contribution in [1.82, 2.24) is 0 Å². The molecule has 1 aromatic rings. The summed E-state index contributed by atoms with van der Waals surface area (Å²) in [7, 11) is 0. The Morgan fingerprint density at radius 3 is 2.78 bits per heavy atom. The van der Waals surface area contributed by atoms with Gasteiger partial charge in [0.1, 0.15) is 5.75 Å². The molecular weight excluding hydrogens is 112 g/mol. The highest BCUT2D eigenvalue weighted by Gasteiger charge is 1.87. The van der Waals surface area contributed by atoms with E-state index in [1.165, 1.54) is 5.56 Å². The van der Waals surface area contributed by atoms with Crippen LogP contribution < -0.4 is 0 Å². The fraction of sp³-hybridized carbons (Fsp3) is 0.250. The molecule has 1 heteroatoms. The zero-order valence-electron chi connectivity index (χ0n) is 5.39. The molecule has 1 aromatic carbocycles. The average Bonchev–Trinajstić information content (AvgIpc) is 1.90. The van der Waals surface area contributed by atoms with Gasteiger partial charge in [-0.05, 0) is 24.1 Å². The summed E-state index contributed by atoms with van der Waals surface area (Å²) >= 11 is 0. The molecule has 1 radical (unpaired) electrons. The zero-order valence-corrected chi connectivity index (χ0v) is 5.39. The second-order valence-corrected chi connectivity index (χ2v) is 1.94. The summed E-state index contributed by atoms with van der Waals surface area (Å²) in [6, 6.07) is 8.05. The molecule has 0 atom stereocenters. The van der Waals surface area contributed by atoms with Crippen LogP contribution in [-0.2, 0) is 6.42 Å². The Hall–Kier alpha value is -0.980. The van der Waals surface area contributed by atoms with Crippen LogP contribution in [0.1, 0.15) is 12.5 Å². The number of hydrogen-bond donors (Lipinski definition) is 1. The summed E-state index contributed by atoms with van der Waals surface area (Å²) in [4.78, 5) is 0. The maximum atomic E-state index is 8.80. The molecule has 1 N–H and O–H groups in total. The van der Waals surface area contributed by atoms with Crippen molar-refractivity contribution in [3.05, 3.63) is 29.8 Å². The molecule has 0 aliphatic carbocycles. The maximum absolute atomic E-state index is 8.80. The van der Waals surface area contributed by atoms with Crippen molar-refractivity contribution in [2.75, 3.05) is 0 Å². The lowest BCUT2D eigenvalue weighted by molar-refractivity contribution is 0.474. The van der Waals surface area contributed by atoms with Gasteiger partial charge in [-0.25, -0.2) is 0 Å². The van der Waals surface area contributed by atoms with Gasteiger partial charge in [0.05, 0.1) is 0 Å². The summed E-state index contributed by atoms with van der Waals surface area (Å²) < 4.78 is 0. The quantitative estimate of drug-likeness (QED) is 0.600. The predicted octanol–water partition coefficient (Wildman–Crippen LogP) is 1.75. The third-order valence-corrected chi connectivity index (χ3v) is 1.27. The van der Waals surface area contributed by atoms with Crippen molar-refractivity contribution in [2.24, 2.45) is 0 Å². The first kappa shape index (κ1) is 6.14. The highest BCUT2D eigenvalue weighted by atomic mass is 16.3. The molecule has 0 fully saturated rings. The molecule has 9 heavy (non-hydrogen) atoms. The minimum atomic E-state index is 0.215. The molecule has 0 amide bonds. The highest BCUT2D eigenvalue weighted by molar-refractivity contribution is 5.24. The van der Waals surface area contributed by atoms with E-state index >= 15 is 0 Å². The van der Waals surface area contributed by atoms with Crippen LogP contribution in [0.15, 0.2) is 18.2 Å². The summed E-state index contributed by atoms with van der Waals surface area (Å²) in [6.07, 6.45) is 0.997. The van der Waals surface area contributed by atoms with Crippen molar-refractivity contribution in [3.63, 3.8) is 0 Å². The van der Waals surface area contributed by atoms with Gasteiger partial charge in [0, 0.05) is 6.07 Å². The van der Waals surface area contributed by atoms with Crippen LogP contribution in [0.5, 0.6) is 5.75 Å². The number of hydrogen-bond acceptors (Lipinski definition) is 1. The predicted molar refractivity (Wildman–Crippen MR) is 36.3 cm³/mol. The van der Waals surface area contributed by atoms with E-state index < -0.39 is 0 Å². The fourth-order valence-electron chi connectivity index (χ4n) is 0.669. The van der Waals surface area contributed by atoms with Crippen LogP contribution in [-0.4, -0.2) is 5.11 Å². The molecule has 0 saturated heterocycles. The summed E-state index contributed by atoms with van der Waals surface area (Å²) in [6.45, 7) is 2.07. The molecule has 0 spiro atoms. The van der Waals surface area contributed by atoms with Crippen LogP contribution in [0.3, 0.4) is 0 Å². The maximum Gasteiger partial charge on any atom is 0.123 e. The SMILES string of the molecule is CCc1c[c]c(O)cc1. The van der Waals surface area contributed by atoms with Gasteiger partial charge in [-0.3, -0.25) is 0 Å². The molecule has 0 aliphatic rings. The van der Waals surface area contributed by atoms with E-state index in [9.17, 15) is 0 Å². The average molecular weight is 121 g/mol. The lowest BCUT2D eigenvalue weighted by atomic mass is 10.2. The zero-order chi connectivity index (χ0) is 6.69. The second kappa shape index (κ2) is 2.53. The lowest BCUT2D eigenvalue weighted by Gasteiger charge is -1.93. The summed E-state index contributed by atoms with van der Waals surface area (Å²) in [5, 5.41) is 8.80. The Bertz CT molecular complexity index is 176. The molecule has 1 nitrogen and oxygen atoms in total. The molecule has 0 aliphatic heterocycles. The van der Waals surface area contributed by atoms with Gasteiger partial charge in [0.15, 0.2) is 0 Å². The topological polar surface area (TPSA) is 20.2 Å². The van der Waals surface area contributed by atoms with E-state index in [1.54, 1.807) is 12.1 Å². The van der Waals surface area contributed by atoms with E-state index in [2.05, 4.69) is 13.0 Å². The highest BCUT2D eigenvalue weighted by Crippen LogP contribution is 2.08. The Morgan fingerprint density at radius 2 is 2.33 bits per heavy atom. The van der Waals surface area contributed by atoms with Crippen molar-refractivity contribution in [3.8, 4) is 5.75 Å². The van der Waals surface area contributed by atoms with E-state index in [4.69, 9.17) is 5.11 Å². The summed E-state index contributed by atoms with van der Waals surface area (Å²) in [5.74, 6) is 0.215. The molecule has 47 valence electrons. The first-order valence-electron chi connectivity index (χ1n) is 3.02. The van der Waals surface area contributed by atoms with Gasteiger partial charge in [0.25, 0.3) is 0 Å². The van der Waals surface area contributed by atoms with Crippen molar-refractivity contribution in [1.29, 1.82) is 0 Å². The van der Waals surface area contributed by atoms with E-state index in [0.29, 0.717) is 0 Å². The Labute approximate surface area is 55.0 Å². The molecule has 0 unspecified atom stereocenters. The van der Waals surface area contributed by atoms with E-state index in [1.807, 2.05) is 6.07 Å². The molecule has 0 saturated carbocycles. The molecular formula is C8H9O. The molecule has 0 heterocycles. The fourth-order valence-corrected chi connectivity index (χ4v) is 0.669. The summed E-state index contributed by atoms with van der Waals surface area (Å²) in [5.41, 5.74) is 1.20. The van der Waals surface area contributed by atoms with E-state index in [0.717, 1.165) is 6.42 Å². The number of benzene rings is 1. The van der Waals surface area contributed by atoms with Gasteiger partial charge in [-0.1, -0.05) is 13.0 Å². The minimum absolute atomic E-state index is 0.215. The van der Waals surface area contributed by atoms with Crippen molar-refractivity contribution < 1.29 is 5.11 Å². The monoisotopic (exact) mass is 121 g/mol. The van der Waals surface area contributed by atoms with Gasteiger partial charge in [-0.2, -0.15) is 0 Å². The van der Waals surface area contributed by atoms with Crippen LogP contribution in [0.25, 0.3) is 0 Å². The van der Waals surface area contributed by atoms with Gasteiger partial charge in [0.2, 0.25) is 0 Å².